The Morgan fingerprint density at radius 2 is 2.16 bits per heavy atom. The zero-order valence-corrected chi connectivity index (χ0v) is 12.5. The Morgan fingerprint density at radius 3 is 2.74 bits per heavy atom. The number of nitrogens with zero attached hydrogens (tertiary/aromatic N) is 1. The molecule has 0 bridgehead atoms. The van der Waals surface area contributed by atoms with Crippen LogP contribution in [0.5, 0.6) is 0 Å². The van der Waals surface area contributed by atoms with Crippen LogP contribution in [-0.2, 0) is 0 Å². The van der Waals surface area contributed by atoms with Crippen LogP contribution < -0.4 is 5.32 Å². The highest BCUT2D eigenvalue weighted by Crippen LogP contribution is 2.29. The minimum atomic E-state index is 0.190. The van der Waals surface area contributed by atoms with E-state index in [1.165, 1.54) is 0 Å². The fourth-order valence-corrected chi connectivity index (χ4v) is 2.65. The summed E-state index contributed by atoms with van der Waals surface area (Å²) in [4.78, 5) is 0. The SMILES string of the molecule is CCC(NC(C)c1cn[nH]c1)c1ccc(Cl)cc1Cl. The molecule has 1 heterocycles. The van der Waals surface area contributed by atoms with Crippen molar-refractivity contribution in [2.75, 3.05) is 0 Å². The molecule has 0 saturated carbocycles. The van der Waals surface area contributed by atoms with Gasteiger partial charge in [0.2, 0.25) is 0 Å². The number of halogens is 2. The fourth-order valence-electron chi connectivity index (χ4n) is 2.11. The second kappa shape index (κ2) is 6.42. The van der Waals surface area contributed by atoms with Crippen LogP contribution in [0, 0.1) is 0 Å². The quantitative estimate of drug-likeness (QED) is 0.852. The first-order chi connectivity index (χ1) is 9.11. The van der Waals surface area contributed by atoms with E-state index in [1.807, 2.05) is 24.5 Å². The summed E-state index contributed by atoms with van der Waals surface area (Å²) in [6.07, 6.45) is 4.67. The Kier molecular flexibility index (Phi) is 4.86. The van der Waals surface area contributed by atoms with Crippen molar-refractivity contribution in [3.8, 4) is 0 Å². The van der Waals surface area contributed by atoms with Gasteiger partial charge in [-0.1, -0.05) is 36.2 Å². The zero-order chi connectivity index (χ0) is 13.8. The van der Waals surface area contributed by atoms with Crippen molar-refractivity contribution >= 4 is 23.2 Å². The topological polar surface area (TPSA) is 40.7 Å². The van der Waals surface area contributed by atoms with Gasteiger partial charge in [0, 0.05) is 33.9 Å². The molecule has 0 aliphatic carbocycles. The maximum atomic E-state index is 6.27. The highest BCUT2D eigenvalue weighted by molar-refractivity contribution is 6.35. The molecule has 3 nitrogen and oxygen atoms in total. The summed E-state index contributed by atoms with van der Waals surface area (Å²) >= 11 is 12.2. The van der Waals surface area contributed by atoms with E-state index in [4.69, 9.17) is 23.2 Å². The van der Waals surface area contributed by atoms with Crippen molar-refractivity contribution in [3.63, 3.8) is 0 Å². The maximum absolute atomic E-state index is 6.27. The number of hydrogen-bond acceptors (Lipinski definition) is 2. The fraction of sp³-hybridized carbons (Fsp3) is 0.357. The summed E-state index contributed by atoms with van der Waals surface area (Å²) in [5.74, 6) is 0. The molecule has 0 radical (unpaired) electrons. The Bertz CT molecular complexity index is 525. The highest BCUT2D eigenvalue weighted by atomic mass is 35.5. The molecular weight excluding hydrogens is 281 g/mol. The van der Waals surface area contributed by atoms with Gasteiger partial charge in [0.25, 0.3) is 0 Å². The number of rotatable bonds is 5. The van der Waals surface area contributed by atoms with Crippen molar-refractivity contribution in [3.05, 3.63) is 51.8 Å². The van der Waals surface area contributed by atoms with Crippen LogP contribution in [0.3, 0.4) is 0 Å². The van der Waals surface area contributed by atoms with E-state index in [0.29, 0.717) is 10.0 Å². The Balaban J connectivity index is 2.16. The van der Waals surface area contributed by atoms with Crippen LogP contribution in [-0.4, -0.2) is 10.2 Å². The third-order valence-corrected chi connectivity index (χ3v) is 3.78. The largest absolute Gasteiger partial charge is 0.303 e. The standard InChI is InChI=1S/C14H17Cl2N3/c1-3-14(12-5-4-11(15)6-13(12)16)19-9(2)10-7-17-18-8-10/h4-9,14,19H,3H2,1-2H3,(H,17,18). The maximum Gasteiger partial charge on any atom is 0.0534 e. The highest BCUT2D eigenvalue weighted by Gasteiger charge is 2.16. The first kappa shape index (κ1) is 14.4. The van der Waals surface area contributed by atoms with Crippen LogP contribution in [0.15, 0.2) is 30.6 Å². The number of benzene rings is 1. The number of hydrogen-bond donors (Lipinski definition) is 2. The van der Waals surface area contributed by atoms with Gasteiger partial charge in [0.15, 0.2) is 0 Å². The molecule has 2 unspecified atom stereocenters. The average molecular weight is 298 g/mol. The molecule has 0 saturated heterocycles. The van der Waals surface area contributed by atoms with Gasteiger partial charge in [-0.05, 0) is 31.0 Å². The van der Waals surface area contributed by atoms with E-state index in [2.05, 4.69) is 29.4 Å². The van der Waals surface area contributed by atoms with Crippen LogP contribution in [0.1, 0.15) is 43.5 Å². The number of H-pyrrole nitrogens is 1. The molecule has 2 N–H and O–H groups in total. The van der Waals surface area contributed by atoms with Gasteiger partial charge in [0.1, 0.15) is 0 Å². The monoisotopic (exact) mass is 297 g/mol. The Morgan fingerprint density at radius 1 is 1.37 bits per heavy atom. The van der Waals surface area contributed by atoms with Gasteiger partial charge in [-0.3, -0.25) is 5.10 Å². The summed E-state index contributed by atoms with van der Waals surface area (Å²) in [6, 6.07) is 6.03. The van der Waals surface area contributed by atoms with Gasteiger partial charge in [-0.15, -0.1) is 0 Å². The molecule has 19 heavy (non-hydrogen) atoms. The van der Waals surface area contributed by atoms with Gasteiger partial charge in [-0.25, -0.2) is 0 Å². The van der Waals surface area contributed by atoms with Crippen LogP contribution >= 0.6 is 23.2 Å². The third kappa shape index (κ3) is 3.50. The van der Waals surface area contributed by atoms with E-state index in [1.54, 1.807) is 6.07 Å². The molecule has 5 heteroatoms. The van der Waals surface area contributed by atoms with E-state index in [9.17, 15) is 0 Å². The molecular formula is C14H17Cl2N3. The van der Waals surface area contributed by atoms with Crippen molar-refractivity contribution < 1.29 is 0 Å². The Hall–Kier alpha value is -1.03. The number of aromatic nitrogens is 2. The third-order valence-electron chi connectivity index (χ3n) is 3.22. The van der Waals surface area contributed by atoms with Crippen LogP contribution in [0.2, 0.25) is 10.0 Å². The number of aromatic amines is 1. The van der Waals surface area contributed by atoms with Crippen molar-refractivity contribution in [1.82, 2.24) is 15.5 Å². The predicted molar refractivity (Wildman–Crippen MR) is 79.6 cm³/mol. The lowest BCUT2D eigenvalue weighted by atomic mass is 10.0. The predicted octanol–water partition coefficient (Wildman–Crippen LogP) is 4.52. The lowest BCUT2D eigenvalue weighted by Crippen LogP contribution is -2.24. The normalized spacial score (nSPS) is 14.3. The number of nitrogens with one attached hydrogen (secondary N) is 2. The van der Waals surface area contributed by atoms with E-state index in [-0.39, 0.29) is 12.1 Å². The summed E-state index contributed by atoms with van der Waals surface area (Å²) in [5, 5.41) is 11.7. The van der Waals surface area contributed by atoms with Gasteiger partial charge in [-0.2, -0.15) is 5.10 Å². The smallest absolute Gasteiger partial charge is 0.0534 e. The molecule has 2 rings (SSSR count). The lowest BCUT2D eigenvalue weighted by Gasteiger charge is -2.23. The molecule has 1 aromatic carbocycles. The summed E-state index contributed by atoms with van der Waals surface area (Å²) in [7, 11) is 0. The summed E-state index contributed by atoms with van der Waals surface area (Å²) < 4.78 is 0. The van der Waals surface area contributed by atoms with Crippen molar-refractivity contribution in [1.29, 1.82) is 0 Å². The van der Waals surface area contributed by atoms with Gasteiger partial charge in [0.05, 0.1) is 6.20 Å². The molecule has 2 aromatic rings. The first-order valence-electron chi connectivity index (χ1n) is 6.31. The first-order valence-corrected chi connectivity index (χ1v) is 7.07. The lowest BCUT2D eigenvalue weighted by molar-refractivity contribution is 0.456. The summed E-state index contributed by atoms with van der Waals surface area (Å²) in [6.45, 7) is 4.24. The molecule has 0 spiro atoms. The van der Waals surface area contributed by atoms with Gasteiger partial charge < -0.3 is 5.32 Å². The molecule has 0 aliphatic heterocycles. The molecule has 0 aliphatic rings. The van der Waals surface area contributed by atoms with Crippen molar-refractivity contribution in [2.24, 2.45) is 0 Å². The van der Waals surface area contributed by atoms with Crippen LogP contribution in [0.25, 0.3) is 0 Å². The second-order valence-corrected chi connectivity index (χ2v) is 5.39. The molecule has 102 valence electrons. The second-order valence-electron chi connectivity index (χ2n) is 4.55. The van der Waals surface area contributed by atoms with Gasteiger partial charge >= 0.3 is 0 Å². The zero-order valence-electron chi connectivity index (χ0n) is 11.0. The van der Waals surface area contributed by atoms with E-state index >= 15 is 0 Å². The molecule has 0 amide bonds. The molecule has 2 atom stereocenters. The van der Waals surface area contributed by atoms with E-state index in [0.717, 1.165) is 17.5 Å². The minimum Gasteiger partial charge on any atom is -0.303 e. The summed E-state index contributed by atoms with van der Waals surface area (Å²) in [5.41, 5.74) is 2.20. The minimum absolute atomic E-state index is 0.190. The van der Waals surface area contributed by atoms with Crippen LogP contribution in [0.4, 0.5) is 0 Å². The van der Waals surface area contributed by atoms with E-state index < -0.39 is 0 Å². The molecule has 0 fully saturated rings. The average Bonchev–Trinajstić information content (AvgIpc) is 2.90. The van der Waals surface area contributed by atoms with Crippen molar-refractivity contribution in [2.45, 2.75) is 32.4 Å². The Labute approximate surface area is 123 Å². The molecule has 1 aromatic heterocycles.